The van der Waals surface area contributed by atoms with E-state index in [2.05, 4.69) is 60.7 Å². The second-order valence-corrected chi connectivity index (χ2v) is 6.64. The van der Waals surface area contributed by atoms with E-state index in [0.717, 1.165) is 41.1 Å². The first-order chi connectivity index (χ1) is 12.9. The minimum atomic E-state index is 1.000. The van der Waals surface area contributed by atoms with Crippen molar-refractivity contribution in [2.75, 3.05) is 7.11 Å². The van der Waals surface area contributed by atoms with Crippen molar-refractivity contribution in [3.63, 3.8) is 0 Å². The first kappa shape index (κ1) is 16.6. The third kappa shape index (κ3) is 3.28. The summed E-state index contributed by atoms with van der Waals surface area (Å²) in [6.45, 7) is 0. The Morgan fingerprint density at radius 3 is 1.88 bits per heavy atom. The molecule has 0 aliphatic heterocycles. The summed E-state index contributed by atoms with van der Waals surface area (Å²) in [6, 6.07) is 25.0. The number of fused-ring (bicyclic) bond motifs is 1. The van der Waals surface area contributed by atoms with Crippen molar-refractivity contribution in [1.29, 1.82) is 0 Å². The Morgan fingerprint density at radius 1 is 0.731 bits per heavy atom. The number of hydrogen-bond acceptors (Lipinski definition) is 2. The number of rotatable bonds is 4. The molecule has 0 saturated carbocycles. The summed E-state index contributed by atoms with van der Waals surface area (Å²) in [4.78, 5) is 5.15. The summed E-state index contributed by atoms with van der Waals surface area (Å²) in [5.74, 6) is 1.000. The van der Waals surface area contributed by atoms with Crippen molar-refractivity contribution < 1.29 is 4.74 Å². The first-order valence-electron chi connectivity index (χ1n) is 9.25. The van der Waals surface area contributed by atoms with Crippen LogP contribution in [0.3, 0.4) is 0 Å². The maximum Gasteiger partial charge on any atom is 0.122 e. The maximum absolute atomic E-state index is 5.59. The molecule has 0 heterocycles. The molecule has 0 atom stereocenters. The normalized spacial score (nSPS) is 13.0. The molecule has 0 amide bonds. The van der Waals surface area contributed by atoms with Crippen LogP contribution >= 0.6 is 0 Å². The van der Waals surface area contributed by atoms with Gasteiger partial charge in [0.1, 0.15) is 5.75 Å². The van der Waals surface area contributed by atoms with Crippen molar-refractivity contribution in [2.45, 2.75) is 25.7 Å². The summed E-state index contributed by atoms with van der Waals surface area (Å²) < 4.78 is 5.59. The lowest BCUT2D eigenvalue weighted by Gasteiger charge is -2.21. The van der Waals surface area contributed by atoms with Gasteiger partial charge in [-0.1, -0.05) is 60.7 Å². The van der Waals surface area contributed by atoms with E-state index in [9.17, 15) is 0 Å². The van der Waals surface area contributed by atoms with E-state index < -0.39 is 0 Å². The molecule has 0 aromatic heterocycles. The van der Waals surface area contributed by atoms with Crippen LogP contribution < -0.4 is 4.74 Å². The third-order valence-corrected chi connectivity index (χ3v) is 5.01. The quantitative estimate of drug-likeness (QED) is 0.554. The highest BCUT2D eigenvalue weighted by Gasteiger charge is 2.18. The van der Waals surface area contributed by atoms with Gasteiger partial charge in [0.2, 0.25) is 0 Å². The van der Waals surface area contributed by atoms with Crippen LogP contribution in [0.2, 0.25) is 0 Å². The Bertz CT molecular complexity index is 872. The van der Waals surface area contributed by atoms with Crippen LogP contribution in [0.15, 0.2) is 77.8 Å². The molecule has 3 aromatic rings. The van der Waals surface area contributed by atoms with E-state index in [4.69, 9.17) is 9.73 Å². The van der Waals surface area contributed by atoms with E-state index in [1.165, 1.54) is 24.0 Å². The van der Waals surface area contributed by atoms with Gasteiger partial charge in [-0.3, -0.25) is 0 Å². The van der Waals surface area contributed by atoms with Gasteiger partial charge in [0, 0.05) is 11.1 Å². The number of benzene rings is 3. The van der Waals surface area contributed by atoms with Gasteiger partial charge in [-0.2, -0.15) is 0 Å². The van der Waals surface area contributed by atoms with E-state index in [1.54, 1.807) is 7.11 Å². The van der Waals surface area contributed by atoms with Gasteiger partial charge in [-0.25, -0.2) is 4.99 Å². The molecule has 0 fully saturated rings. The summed E-state index contributed by atoms with van der Waals surface area (Å²) in [7, 11) is 1.76. The van der Waals surface area contributed by atoms with Crippen LogP contribution in [0.25, 0.3) is 0 Å². The summed E-state index contributed by atoms with van der Waals surface area (Å²) in [5, 5.41) is 0. The minimum absolute atomic E-state index is 1.000. The van der Waals surface area contributed by atoms with Crippen molar-refractivity contribution in [1.82, 2.24) is 0 Å². The fourth-order valence-corrected chi connectivity index (χ4v) is 3.72. The zero-order chi connectivity index (χ0) is 17.8. The van der Waals surface area contributed by atoms with Gasteiger partial charge in [0.15, 0.2) is 0 Å². The van der Waals surface area contributed by atoms with E-state index >= 15 is 0 Å². The molecule has 0 saturated heterocycles. The second-order valence-electron chi connectivity index (χ2n) is 6.64. The van der Waals surface area contributed by atoms with Crippen LogP contribution in [0.5, 0.6) is 5.75 Å². The second kappa shape index (κ2) is 7.57. The molecule has 1 aliphatic rings. The van der Waals surface area contributed by atoms with Gasteiger partial charge in [0.25, 0.3) is 0 Å². The average molecular weight is 341 g/mol. The fourth-order valence-electron chi connectivity index (χ4n) is 3.72. The zero-order valence-electron chi connectivity index (χ0n) is 15.1. The molecule has 0 N–H and O–H groups in total. The summed E-state index contributed by atoms with van der Waals surface area (Å²) in [5.41, 5.74) is 7.05. The highest BCUT2D eigenvalue weighted by atomic mass is 16.5. The molecule has 26 heavy (non-hydrogen) atoms. The molecule has 2 heteroatoms. The van der Waals surface area contributed by atoms with Crippen molar-refractivity contribution >= 4 is 11.4 Å². The molecule has 0 radical (unpaired) electrons. The molecule has 2 nitrogen and oxygen atoms in total. The Hall–Kier alpha value is -2.87. The topological polar surface area (TPSA) is 21.6 Å². The lowest BCUT2D eigenvalue weighted by molar-refractivity contribution is 0.406. The average Bonchev–Trinajstić information content (AvgIpc) is 2.73. The first-order valence-corrected chi connectivity index (χ1v) is 9.25. The van der Waals surface area contributed by atoms with Crippen LogP contribution in [0.4, 0.5) is 5.69 Å². The number of nitrogens with zero attached hydrogens (tertiary/aromatic N) is 1. The van der Waals surface area contributed by atoms with Gasteiger partial charge in [-0.15, -0.1) is 0 Å². The standard InChI is InChI=1S/C24H23NO/c1-26-23-17-16-22(20-14-8-9-15-21(20)23)25-24(18-10-4-2-5-11-18)19-12-6-3-7-13-19/h2-7,10-13,16-17H,8-9,14-15H2,1H3. The Balaban J connectivity index is 1.88. The molecule has 0 bridgehead atoms. The highest BCUT2D eigenvalue weighted by molar-refractivity contribution is 6.14. The van der Waals surface area contributed by atoms with Gasteiger partial charge >= 0.3 is 0 Å². The Kier molecular flexibility index (Phi) is 4.83. The predicted octanol–water partition coefficient (Wildman–Crippen LogP) is 5.74. The molecular weight excluding hydrogens is 318 g/mol. The van der Waals surface area contributed by atoms with E-state index in [0.29, 0.717) is 0 Å². The van der Waals surface area contributed by atoms with Crippen molar-refractivity contribution in [3.05, 3.63) is 95.1 Å². The van der Waals surface area contributed by atoms with Crippen LogP contribution in [-0.4, -0.2) is 12.8 Å². The Morgan fingerprint density at radius 2 is 1.31 bits per heavy atom. The largest absolute Gasteiger partial charge is 0.496 e. The van der Waals surface area contributed by atoms with E-state index in [1.807, 2.05) is 12.1 Å². The summed E-state index contributed by atoms with van der Waals surface area (Å²) >= 11 is 0. The van der Waals surface area contributed by atoms with Crippen LogP contribution in [0.1, 0.15) is 35.1 Å². The SMILES string of the molecule is COc1ccc(N=C(c2ccccc2)c2ccccc2)c2c1CCCC2. The number of hydrogen-bond donors (Lipinski definition) is 0. The minimum Gasteiger partial charge on any atom is -0.496 e. The number of methoxy groups -OCH3 is 1. The number of ether oxygens (including phenoxy) is 1. The monoisotopic (exact) mass is 341 g/mol. The number of aliphatic imine (C=N–C) groups is 1. The van der Waals surface area contributed by atoms with Gasteiger partial charge < -0.3 is 4.74 Å². The smallest absolute Gasteiger partial charge is 0.122 e. The van der Waals surface area contributed by atoms with E-state index in [-0.39, 0.29) is 0 Å². The molecular formula is C24H23NO. The summed E-state index contributed by atoms with van der Waals surface area (Å²) in [6.07, 6.45) is 4.59. The molecule has 3 aromatic carbocycles. The molecule has 0 spiro atoms. The fraction of sp³-hybridized carbons (Fsp3) is 0.208. The predicted molar refractivity (Wildman–Crippen MR) is 108 cm³/mol. The molecule has 1 aliphatic carbocycles. The molecule has 130 valence electrons. The maximum atomic E-state index is 5.59. The van der Waals surface area contributed by atoms with Crippen LogP contribution in [0, 0.1) is 0 Å². The van der Waals surface area contributed by atoms with Crippen LogP contribution in [-0.2, 0) is 12.8 Å². The highest BCUT2D eigenvalue weighted by Crippen LogP contribution is 2.36. The van der Waals surface area contributed by atoms with Gasteiger partial charge in [-0.05, 0) is 48.9 Å². The van der Waals surface area contributed by atoms with Crippen molar-refractivity contribution in [2.24, 2.45) is 4.99 Å². The zero-order valence-corrected chi connectivity index (χ0v) is 15.1. The third-order valence-electron chi connectivity index (χ3n) is 5.01. The van der Waals surface area contributed by atoms with Gasteiger partial charge in [0.05, 0.1) is 18.5 Å². The van der Waals surface area contributed by atoms with Crippen molar-refractivity contribution in [3.8, 4) is 5.75 Å². The lowest BCUT2D eigenvalue weighted by Crippen LogP contribution is -2.07. The lowest BCUT2D eigenvalue weighted by atomic mass is 9.89. The molecule has 4 rings (SSSR count). The molecule has 0 unspecified atom stereocenters. The Labute approximate surface area is 155 Å².